The first-order chi connectivity index (χ1) is 43.8. The van der Waals surface area contributed by atoms with Crippen LogP contribution >= 0.6 is 11.3 Å². The lowest BCUT2D eigenvalue weighted by molar-refractivity contribution is 1.18. The van der Waals surface area contributed by atoms with Crippen LogP contribution < -0.4 is 20.7 Å². The monoisotopic (exact) mass is 808 g/mol. The molecular weight excluding hydrogens is 737 g/mol. The van der Waals surface area contributed by atoms with Gasteiger partial charge in [-0.15, -0.1) is 11.3 Å². The van der Waals surface area contributed by atoms with E-state index in [1.165, 1.54) is 0 Å². The Morgan fingerprint density at radius 1 is 0.379 bits per heavy atom. The number of benzene rings is 9. The Kier molecular flexibility index (Phi) is 2.99. The van der Waals surface area contributed by atoms with Gasteiger partial charge in [0.15, 0.2) is 8.07 Å². The quantitative estimate of drug-likeness (QED) is 0.117. The molecule has 0 aliphatic carbocycles. The minimum atomic E-state index is -6.65. The Morgan fingerprint density at radius 2 is 0.828 bits per heavy atom. The van der Waals surface area contributed by atoms with Crippen molar-refractivity contribution in [2.75, 3.05) is 0 Å². The van der Waals surface area contributed by atoms with Crippen molar-refractivity contribution in [1.82, 2.24) is 9.13 Å². The van der Waals surface area contributed by atoms with Gasteiger partial charge in [-0.05, 0) is 63.0 Å². The molecule has 0 aliphatic rings. The molecule has 58 heavy (non-hydrogen) atoms. The first kappa shape index (κ1) is 13.3. The van der Waals surface area contributed by atoms with E-state index >= 15 is 0 Å². The number of fused-ring (bicyclic) bond motifs is 10. The summed E-state index contributed by atoms with van der Waals surface area (Å²) in [4.78, 5) is 0. The van der Waals surface area contributed by atoms with Gasteiger partial charge in [-0.1, -0.05) is 175 Å². The third-order valence-electron chi connectivity index (χ3n) is 9.72. The van der Waals surface area contributed by atoms with Gasteiger partial charge in [0.25, 0.3) is 0 Å². The van der Waals surface area contributed by atoms with Crippen molar-refractivity contribution in [1.29, 1.82) is 0 Å². The summed E-state index contributed by atoms with van der Waals surface area (Å²) < 4.78 is 337. The molecule has 0 N–H and O–H groups in total. The summed E-state index contributed by atoms with van der Waals surface area (Å²) in [6.45, 7) is 0. The van der Waals surface area contributed by atoms with Crippen molar-refractivity contribution in [3.05, 3.63) is 218 Å². The molecule has 4 heteroatoms. The number of aromatic nitrogens is 2. The minimum absolute atomic E-state index is 0.411. The van der Waals surface area contributed by atoms with Gasteiger partial charge >= 0.3 is 0 Å². The van der Waals surface area contributed by atoms with Gasteiger partial charge in [0.2, 0.25) is 0 Å². The predicted molar refractivity (Wildman–Crippen MR) is 252 cm³/mol. The largest absolute Gasteiger partial charge is 0.309 e. The predicted octanol–water partition coefficient (Wildman–Crippen LogP) is 11.6. The lowest BCUT2D eigenvalue weighted by atomic mass is 10.1. The van der Waals surface area contributed by atoms with E-state index in [1.807, 2.05) is 0 Å². The van der Waals surface area contributed by atoms with E-state index in [2.05, 4.69) is 0 Å². The van der Waals surface area contributed by atoms with E-state index in [9.17, 15) is 27.4 Å². The molecule has 0 radical (unpaired) electrons. The molecule has 12 aromatic rings. The molecule has 9 aromatic carbocycles. The Morgan fingerprint density at radius 3 is 1.40 bits per heavy atom. The number of hydrogen-bond acceptors (Lipinski definition) is 1. The van der Waals surface area contributed by atoms with Gasteiger partial charge in [0.1, 0.15) is 0 Å². The maximum Gasteiger partial charge on any atom is 0.179 e. The molecule has 0 atom stereocenters. The van der Waals surface area contributed by atoms with Crippen molar-refractivity contribution in [3.8, 4) is 11.4 Å². The average molecular weight is 809 g/mol. The van der Waals surface area contributed by atoms with Crippen molar-refractivity contribution in [2.45, 2.75) is 0 Å². The fraction of sp³-hybridized carbons (Fsp3) is 0. The van der Waals surface area contributed by atoms with Gasteiger partial charge < -0.3 is 9.13 Å². The molecule has 0 saturated carbocycles. The zero-order valence-corrected chi connectivity index (χ0v) is 30.6. The van der Waals surface area contributed by atoms with Gasteiger partial charge in [-0.2, -0.15) is 0 Å². The summed E-state index contributed by atoms with van der Waals surface area (Å²) in [7, 11) is -6.65. The molecular formula is C54H36N2SSi. The highest BCUT2D eigenvalue weighted by molar-refractivity contribution is 7.26. The van der Waals surface area contributed by atoms with Crippen LogP contribution in [-0.4, -0.2) is 17.2 Å². The Hall–Kier alpha value is -6.98. The van der Waals surface area contributed by atoms with Crippen molar-refractivity contribution in [2.24, 2.45) is 0 Å². The fourth-order valence-electron chi connectivity index (χ4n) is 7.46. The standard InChI is InChI=1S/C54H36N2SSi/c1-4-20-38(21-5-1)58(39-22-6-2-7-23-39,40-24-8-3-9-25-40)41-26-18-19-37(35-41)55-47-31-14-12-29-44(47)46-36-50(54-52(53(46)55)45-30-13-17-34-51(45)57-54)56-48-32-15-10-27-42(48)43-28-11-16-33-49(43)56/h1-36H/i1D,2D,3D,4D,5D,6D,7D,8D,9D,10D,11D,12D,13D,14D,15D,16D,17D,18D,19D,20D,21D,22D,23D,24D,25D,26D,27D,28D,29D,30D,31D,32D,33D,34D,35D,36D. The van der Waals surface area contributed by atoms with E-state index < -0.39 is 322 Å². The summed E-state index contributed by atoms with van der Waals surface area (Å²) in [5.41, 5.74) is -4.79. The van der Waals surface area contributed by atoms with Gasteiger partial charge in [-0.25, -0.2) is 0 Å². The fourth-order valence-corrected chi connectivity index (χ4v) is 12.1. The van der Waals surface area contributed by atoms with E-state index in [0.29, 0.717) is 15.9 Å². The first-order valence-corrected chi connectivity index (χ1v) is 19.8. The second-order valence-electron chi connectivity index (χ2n) is 12.5. The minimum Gasteiger partial charge on any atom is -0.309 e. The molecule has 0 fully saturated rings. The molecule has 272 valence electrons. The SMILES string of the molecule is [2H]c1c([2H])c([2H])c([Si](c2c([2H])c([2H])c([2H])c([2H])c2[2H])(c2c([2H])c([2H])c([2H])c([2H])c2[2H])c2c([2H])c([2H])c([2H])c(-n3c4c([2H])c([2H])c([2H])c([2H])c4c4c([2H])c(-n5c6c([2H])c([2H])c([2H])c([2H])c6c6c([2H])c([2H])c([2H])c([2H])c65)c5sc6c([2H])c([2H])c([2H])c([2H])c6c5c43)c2[2H])c([2H])c1[2H]. The molecule has 2 nitrogen and oxygen atoms in total. The van der Waals surface area contributed by atoms with Crippen LogP contribution in [0.25, 0.3) is 75.2 Å². The lowest BCUT2D eigenvalue weighted by Gasteiger charge is -2.34. The van der Waals surface area contributed by atoms with E-state index in [-0.39, 0.29) is 0 Å². The summed E-state index contributed by atoms with van der Waals surface area (Å²) in [5.74, 6) is 0. The Bertz CT molecular complexity index is 5320. The van der Waals surface area contributed by atoms with Gasteiger partial charge in [0.05, 0.1) is 81.8 Å². The topological polar surface area (TPSA) is 9.86 Å². The molecule has 0 unspecified atom stereocenters. The molecule has 0 bridgehead atoms. The van der Waals surface area contributed by atoms with Crippen molar-refractivity contribution in [3.63, 3.8) is 0 Å². The summed E-state index contributed by atoms with van der Waals surface area (Å²) in [5, 5.41) is -8.81. The number of thiophene rings is 1. The molecule has 3 aromatic heterocycles. The Labute approximate surface area is 391 Å². The van der Waals surface area contributed by atoms with Crippen LogP contribution in [0.1, 0.15) is 49.3 Å². The van der Waals surface area contributed by atoms with Crippen LogP contribution in [0.4, 0.5) is 0 Å². The van der Waals surface area contributed by atoms with Crippen LogP contribution in [0.3, 0.4) is 0 Å². The van der Waals surface area contributed by atoms with Gasteiger partial charge in [-0.3, -0.25) is 0 Å². The molecule has 0 saturated heterocycles. The highest BCUT2D eigenvalue weighted by Gasteiger charge is 2.41. The molecule has 0 spiro atoms. The normalized spacial score (nSPS) is 20.8. The van der Waals surface area contributed by atoms with E-state index in [4.69, 9.17) is 21.9 Å². The van der Waals surface area contributed by atoms with Crippen LogP contribution in [-0.2, 0) is 0 Å². The van der Waals surface area contributed by atoms with Gasteiger partial charge in [0, 0.05) is 42.7 Å². The maximum absolute atomic E-state index is 10.8. The van der Waals surface area contributed by atoms with Crippen molar-refractivity contribution < 1.29 is 49.3 Å². The van der Waals surface area contributed by atoms with Crippen molar-refractivity contribution >= 4 is 104 Å². The second kappa shape index (κ2) is 13.0. The van der Waals surface area contributed by atoms with Crippen LogP contribution in [0.2, 0.25) is 0 Å². The number of nitrogens with zero attached hydrogens (tertiary/aromatic N) is 2. The Balaban J connectivity index is 1.48. The van der Waals surface area contributed by atoms with E-state index in [0.717, 1.165) is 4.57 Å². The summed E-state index contributed by atoms with van der Waals surface area (Å²) in [6.07, 6.45) is 0. The lowest BCUT2D eigenvalue weighted by Crippen LogP contribution is -2.74. The highest BCUT2D eigenvalue weighted by Crippen LogP contribution is 2.47. The van der Waals surface area contributed by atoms with Crippen LogP contribution in [0, 0.1) is 0 Å². The number of rotatable bonds is 6. The average Bonchev–Trinajstić information content (AvgIpc) is 1.27. The molecule has 3 heterocycles. The van der Waals surface area contributed by atoms with E-state index in [1.54, 1.807) is 0 Å². The number of para-hydroxylation sites is 3. The molecule has 0 aliphatic heterocycles. The summed E-state index contributed by atoms with van der Waals surface area (Å²) >= 11 is 0.446. The highest BCUT2D eigenvalue weighted by atomic mass is 32.1. The summed E-state index contributed by atoms with van der Waals surface area (Å²) in [6, 6.07) is -41.0. The van der Waals surface area contributed by atoms with Crippen LogP contribution in [0.5, 0.6) is 0 Å². The molecule has 0 amide bonds. The third kappa shape index (κ3) is 4.70. The smallest absolute Gasteiger partial charge is 0.179 e. The number of hydrogen-bond donors (Lipinski definition) is 0. The van der Waals surface area contributed by atoms with Crippen LogP contribution in [0.15, 0.2) is 218 Å². The molecule has 12 rings (SSSR count). The third-order valence-corrected chi connectivity index (χ3v) is 14.8. The zero-order valence-electron chi connectivity index (χ0n) is 64.8. The maximum atomic E-state index is 10.8. The first-order valence-electron chi connectivity index (χ1n) is 35.0. The second-order valence-corrected chi connectivity index (χ2v) is 17.0. The zero-order chi connectivity index (χ0) is 69.5.